The van der Waals surface area contributed by atoms with Gasteiger partial charge in [-0.05, 0) is 59.9 Å². The highest BCUT2D eigenvalue weighted by atomic mass is 35.5. The lowest BCUT2D eigenvalue weighted by Gasteiger charge is -2.29. The zero-order valence-corrected chi connectivity index (χ0v) is 19.5. The van der Waals surface area contributed by atoms with Gasteiger partial charge >= 0.3 is 0 Å². The van der Waals surface area contributed by atoms with E-state index in [2.05, 4.69) is 0 Å². The number of amides is 2. The number of hydrogen-bond acceptors (Lipinski definition) is 2. The Morgan fingerprint density at radius 3 is 1.81 bits per heavy atom. The topological polar surface area (TPSA) is 37.4 Å². The fourth-order valence-corrected chi connectivity index (χ4v) is 4.87. The van der Waals surface area contributed by atoms with Gasteiger partial charge in [-0.3, -0.25) is 9.59 Å². The second kappa shape index (κ2) is 8.48. The van der Waals surface area contributed by atoms with Crippen LogP contribution in [0.25, 0.3) is 0 Å². The molecule has 0 unspecified atom stereocenters. The first kappa shape index (κ1) is 22.2. The van der Waals surface area contributed by atoms with Gasteiger partial charge in [0.2, 0.25) is 11.8 Å². The van der Waals surface area contributed by atoms with E-state index in [1.807, 2.05) is 30.3 Å². The minimum Gasteiger partial charge on any atom is -0.274 e. The van der Waals surface area contributed by atoms with Crippen LogP contribution in [0.4, 0.5) is 5.69 Å². The third-order valence-electron chi connectivity index (χ3n) is 5.57. The van der Waals surface area contributed by atoms with Gasteiger partial charge in [0.05, 0.1) is 31.2 Å². The molecule has 7 heteroatoms. The normalized spacial score (nSPS) is 14.6. The molecule has 0 saturated carbocycles. The zero-order chi connectivity index (χ0) is 22.3. The first-order valence-electron chi connectivity index (χ1n) is 9.55. The molecule has 0 bridgehead atoms. The van der Waals surface area contributed by atoms with E-state index in [1.165, 1.54) is 11.8 Å². The van der Waals surface area contributed by atoms with E-state index >= 15 is 0 Å². The number of benzene rings is 3. The number of carbonyl (C=O) groups is 2. The first-order valence-corrected chi connectivity index (χ1v) is 11.1. The molecule has 31 heavy (non-hydrogen) atoms. The Hall–Kier alpha value is -2.04. The molecule has 1 aliphatic rings. The molecule has 0 fully saturated rings. The highest BCUT2D eigenvalue weighted by Gasteiger charge is 2.52. The van der Waals surface area contributed by atoms with Crippen molar-refractivity contribution >= 4 is 63.9 Å². The monoisotopic (exact) mass is 491 g/mol. The van der Waals surface area contributed by atoms with Gasteiger partial charge in [-0.1, -0.05) is 76.7 Å². The molecule has 3 aromatic carbocycles. The van der Waals surface area contributed by atoms with Gasteiger partial charge in [-0.15, -0.1) is 0 Å². The van der Waals surface area contributed by atoms with E-state index in [0.29, 0.717) is 38.6 Å². The summed E-state index contributed by atoms with van der Waals surface area (Å²) in [5.41, 5.74) is 2.04. The summed E-state index contributed by atoms with van der Waals surface area (Å²) in [5.74, 6) is -0.610. The van der Waals surface area contributed by atoms with Gasteiger partial charge in [0.25, 0.3) is 0 Å². The molecule has 0 saturated heterocycles. The van der Waals surface area contributed by atoms with Crippen LogP contribution in [0.5, 0.6) is 0 Å². The fraction of sp³-hybridized carbons (Fsp3) is 0.167. The Kier molecular flexibility index (Phi) is 6.06. The zero-order valence-electron chi connectivity index (χ0n) is 16.5. The summed E-state index contributed by atoms with van der Waals surface area (Å²) in [5, 5.41) is 1.69. The highest BCUT2D eigenvalue weighted by Crippen LogP contribution is 2.46. The van der Waals surface area contributed by atoms with Crippen LogP contribution in [0, 0.1) is 0 Å². The number of imide groups is 1. The van der Waals surface area contributed by atoms with Crippen molar-refractivity contribution in [2.24, 2.45) is 0 Å². The number of carbonyl (C=O) groups excluding carboxylic acids is 2. The van der Waals surface area contributed by atoms with Crippen molar-refractivity contribution in [2.75, 3.05) is 4.90 Å². The SMILES string of the molecule is CC(=O)N1C(=O)C(Cc2ccc(Cl)c(Cl)c2)(Cc2ccc(Cl)c(Cl)c2)c2ccccc21. The molecule has 2 amide bonds. The number of rotatable bonds is 4. The second-order valence-electron chi connectivity index (χ2n) is 7.61. The number of halogens is 4. The van der Waals surface area contributed by atoms with Crippen molar-refractivity contribution in [2.45, 2.75) is 25.2 Å². The predicted octanol–water partition coefficient (Wildman–Crippen LogP) is 6.92. The lowest BCUT2D eigenvalue weighted by Crippen LogP contribution is -2.45. The van der Waals surface area contributed by atoms with E-state index in [9.17, 15) is 9.59 Å². The third-order valence-corrected chi connectivity index (χ3v) is 7.05. The second-order valence-corrected chi connectivity index (χ2v) is 9.24. The fourth-order valence-electron chi connectivity index (χ4n) is 4.22. The Balaban J connectivity index is 1.90. The van der Waals surface area contributed by atoms with E-state index in [4.69, 9.17) is 46.4 Å². The molecular weight excluding hydrogens is 476 g/mol. The summed E-state index contributed by atoms with van der Waals surface area (Å²) < 4.78 is 0. The molecule has 3 aromatic rings. The van der Waals surface area contributed by atoms with Gasteiger partial charge in [-0.2, -0.15) is 0 Å². The number of hydrogen-bond donors (Lipinski definition) is 0. The Bertz CT molecular complexity index is 1150. The molecule has 0 radical (unpaired) electrons. The van der Waals surface area contributed by atoms with E-state index in [1.54, 1.807) is 30.3 Å². The van der Waals surface area contributed by atoms with Gasteiger partial charge < -0.3 is 0 Å². The Morgan fingerprint density at radius 1 is 0.806 bits per heavy atom. The standard InChI is InChI=1S/C24H17Cl4NO2/c1-14(30)29-22-5-3-2-4-17(22)24(23(29)31,12-15-6-8-18(25)20(27)10-15)13-16-7-9-19(26)21(28)11-16/h2-11H,12-13H2,1H3. The quantitative estimate of drug-likeness (QED) is 0.396. The van der Waals surface area contributed by atoms with Gasteiger partial charge in [0, 0.05) is 6.92 Å². The molecule has 1 aliphatic heterocycles. The van der Waals surface area contributed by atoms with Crippen LogP contribution in [0.15, 0.2) is 60.7 Å². The number of anilines is 1. The van der Waals surface area contributed by atoms with Crippen LogP contribution >= 0.6 is 46.4 Å². The molecule has 0 aliphatic carbocycles. The van der Waals surface area contributed by atoms with Crippen molar-refractivity contribution in [1.82, 2.24) is 0 Å². The van der Waals surface area contributed by atoms with Crippen LogP contribution in [0.1, 0.15) is 23.6 Å². The van der Waals surface area contributed by atoms with Crippen LogP contribution in [-0.4, -0.2) is 11.8 Å². The lowest BCUT2D eigenvalue weighted by atomic mass is 9.72. The molecule has 158 valence electrons. The molecule has 0 atom stereocenters. The van der Waals surface area contributed by atoms with E-state index in [0.717, 1.165) is 16.7 Å². The molecule has 3 nitrogen and oxygen atoms in total. The van der Waals surface area contributed by atoms with Crippen LogP contribution in [0.3, 0.4) is 0 Å². The number of para-hydroxylation sites is 1. The highest BCUT2D eigenvalue weighted by molar-refractivity contribution is 6.42. The average molecular weight is 493 g/mol. The van der Waals surface area contributed by atoms with Crippen molar-refractivity contribution in [3.05, 3.63) is 97.4 Å². The van der Waals surface area contributed by atoms with E-state index < -0.39 is 5.41 Å². The predicted molar refractivity (Wildman–Crippen MR) is 127 cm³/mol. The summed E-state index contributed by atoms with van der Waals surface area (Å²) in [4.78, 5) is 27.5. The van der Waals surface area contributed by atoms with Gasteiger partial charge in [-0.25, -0.2) is 4.90 Å². The maximum Gasteiger partial charge on any atom is 0.245 e. The maximum atomic E-state index is 13.8. The van der Waals surface area contributed by atoms with Crippen molar-refractivity contribution < 1.29 is 9.59 Å². The summed E-state index contributed by atoms with van der Waals surface area (Å²) in [6.45, 7) is 1.39. The minimum atomic E-state index is -1.02. The van der Waals surface area contributed by atoms with Crippen molar-refractivity contribution in [3.8, 4) is 0 Å². The molecule has 0 spiro atoms. The Morgan fingerprint density at radius 2 is 1.32 bits per heavy atom. The molecule has 0 aromatic heterocycles. The molecule has 0 N–H and O–H groups in total. The Labute approximate surface area is 200 Å². The van der Waals surface area contributed by atoms with Crippen LogP contribution < -0.4 is 4.90 Å². The van der Waals surface area contributed by atoms with Crippen molar-refractivity contribution in [3.63, 3.8) is 0 Å². The van der Waals surface area contributed by atoms with Gasteiger partial charge in [0.1, 0.15) is 0 Å². The number of fused-ring (bicyclic) bond motifs is 1. The molecule has 4 rings (SSSR count). The largest absolute Gasteiger partial charge is 0.274 e. The third kappa shape index (κ3) is 3.96. The van der Waals surface area contributed by atoms with Crippen molar-refractivity contribution in [1.29, 1.82) is 0 Å². The molecule has 1 heterocycles. The molecular formula is C24H17Cl4NO2. The smallest absolute Gasteiger partial charge is 0.245 e. The number of nitrogens with zero attached hydrogens (tertiary/aromatic N) is 1. The van der Waals surface area contributed by atoms with Crippen LogP contribution in [0.2, 0.25) is 20.1 Å². The minimum absolute atomic E-state index is 0.279. The lowest BCUT2D eigenvalue weighted by molar-refractivity contribution is -0.128. The average Bonchev–Trinajstić information content (AvgIpc) is 2.96. The van der Waals surface area contributed by atoms with Crippen LogP contribution in [-0.2, 0) is 27.8 Å². The summed E-state index contributed by atoms with van der Waals surface area (Å²) in [6, 6.07) is 18.0. The summed E-state index contributed by atoms with van der Waals surface area (Å²) in [7, 11) is 0. The maximum absolute atomic E-state index is 13.8. The van der Waals surface area contributed by atoms with Gasteiger partial charge in [0.15, 0.2) is 0 Å². The summed E-state index contributed by atoms with van der Waals surface area (Å²) in [6.07, 6.45) is 0.674. The summed E-state index contributed by atoms with van der Waals surface area (Å²) >= 11 is 24.7. The first-order chi connectivity index (χ1) is 14.7. The van der Waals surface area contributed by atoms with E-state index in [-0.39, 0.29) is 11.8 Å².